The summed E-state index contributed by atoms with van der Waals surface area (Å²) in [5.74, 6) is 0.0537. The summed E-state index contributed by atoms with van der Waals surface area (Å²) in [4.78, 5) is 15.0. The number of nitrogen functional groups attached to an aromatic ring is 1. The minimum Gasteiger partial charge on any atom is -0.394 e. The van der Waals surface area contributed by atoms with Crippen molar-refractivity contribution < 1.29 is 20.1 Å². The summed E-state index contributed by atoms with van der Waals surface area (Å²) in [5, 5.41) is 28.2. The molecule has 5 N–H and O–H groups in total. The molecule has 0 aromatic carbocycles. The van der Waals surface area contributed by atoms with E-state index in [1.807, 2.05) is 0 Å². The molecule has 1 aromatic rings. The zero-order valence-corrected chi connectivity index (χ0v) is 8.80. The van der Waals surface area contributed by atoms with Gasteiger partial charge in [-0.25, -0.2) is 4.79 Å². The van der Waals surface area contributed by atoms with Crippen molar-refractivity contribution in [1.29, 1.82) is 0 Å². The molecule has 0 unspecified atom stereocenters. The van der Waals surface area contributed by atoms with E-state index in [2.05, 4.69) is 4.98 Å². The highest BCUT2D eigenvalue weighted by atomic mass is 16.6. The third-order valence-corrected chi connectivity index (χ3v) is 2.64. The topological polar surface area (TPSA) is 131 Å². The van der Waals surface area contributed by atoms with Crippen molar-refractivity contribution in [3.8, 4) is 0 Å². The van der Waals surface area contributed by atoms with Gasteiger partial charge in [0.05, 0.1) is 6.61 Å². The van der Waals surface area contributed by atoms with Crippen LogP contribution in [0.1, 0.15) is 6.23 Å². The van der Waals surface area contributed by atoms with E-state index in [9.17, 15) is 15.0 Å². The summed E-state index contributed by atoms with van der Waals surface area (Å²) >= 11 is 0. The predicted octanol–water partition coefficient (Wildman–Crippen LogP) is -2.56. The molecule has 1 aliphatic rings. The van der Waals surface area contributed by atoms with Gasteiger partial charge in [0, 0.05) is 6.20 Å². The van der Waals surface area contributed by atoms with Crippen molar-refractivity contribution in [2.75, 3.05) is 12.3 Å². The second kappa shape index (κ2) is 4.41. The molecule has 0 bridgehead atoms. The smallest absolute Gasteiger partial charge is 0.351 e. The van der Waals surface area contributed by atoms with E-state index in [4.69, 9.17) is 15.6 Å². The van der Waals surface area contributed by atoms with Crippen LogP contribution in [0.25, 0.3) is 0 Å². The van der Waals surface area contributed by atoms with Crippen LogP contribution in [-0.2, 0) is 4.74 Å². The molecule has 1 fully saturated rings. The molecule has 0 aliphatic carbocycles. The van der Waals surface area contributed by atoms with Crippen molar-refractivity contribution in [1.82, 2.24) is 9.55 Å². The van der Waals surface area contributed by atoms with E-state index >= 15 is 0 Å². The van der Waals surface area contributed by atoms with Crippen LogP contribution >= 0.6 is 0 Å². The molecule has 17 heavy (non-hydrogen) atoms. The zero-order chi connectivity index (χ0) is 12.6. The van der Waals surface area contributed by atoms with Crippen molar-refractivity contribution in [3.63, 3.8) is 0 Å². The standard InChI is InChI=1S/C9H13N3O5/c10-5-1-2-12(9(16)11-5)8-7(15)6(14)4(3-13)17-8/h1-2,4,6-8,13-15H,3H2,(H2,10,11,16)/t4-,6-,7-,8-/m1/s1/i7+1. The highest BCUT2D eigenvalue weighted by molar-refractivity contribution is 5.23. The van der Waals surface area contributed by atoms with E-state index in [0.717, 1.165) is 4.57 Å². The number of nitrogens with zero attached hydrogens (tertiary/aromatic N) is 2. The van der Waals surface area contributed by atoms with Crippen LogP contribution in [0.3, 0.4) is 0 Å². The molecule has 1 saturated heterocycles. The Morgan fingerprint density at radius 2 is 2.18 bits per heavy atom. The number of aliphatic hydroxyl groups is 3. The fraction of sp³-hybridized carbons (Fsp3) is 0.556. The number of hydrogen-bond acceptors (Lipinski definition) is 7. The first-order valence-electron chi connectivity index (χ1n) is 5.01. The maximum atomic E-state index is 11.5. The number of nitrogens with two attached hydrogens (primary N) is 1. The lowest BCUT2D eigenvalue weighted by Gasteiger charge is -2.16. The van der Waals surface area contributed by atoms with Crippen molar-refractivity contribution in [3.05, 3.63) is 22.7 Å². The Balaban J connectivity index is 2.32. The molecule has 0 radical (unpaired) electrons. The van der Waals surface area contributed by atoms with Gasteiger partial charge in [0.25, 0.3) is 0 Å². The lowest BCUT2D eigenvalue weighted by atomic mass is 10.3. The van der Waals surface area contributed by atoms with E-state index in [-0.39, 0.29) is 5.82 Å². The minimum absolute atomic E-state index is 0.0537. The molecule has 8 nitrogen and oxygen atoms in total. The molecule has 0 spiro atoms. The minimum atomic E-state index is -1.31. The Hall–Kier alpha value is -1.48. The Kier molecular flexibility index (Phi) is 3.11. The number of rotatable bonds is 2. The Bertz CT molecular complexity index is 462. The zero-order valence-electron chi connectivity index (χ0n) is 8.80. The molecule has 94 valence electrons. The Morgan fingerprint density at radius 1 is 1.47 bits per heavy atom. The molecule has 2 heterocycles. The third kappa shape index (κ3) is 2.03. The maximum Gasteiger partial charge on any atom is 0.351 e. The molecule has 0 amide bonds. The van der Waals surface area contributed by atoms with Gasteiger partial charge in [-0.15, -0.1) is 0 Å². The molecular formula is C9H13N3O5. The fourth-order valence-electron chi connectivity index (χ4n) is 1.73. The number of aliphatic hydroxyl groups excluding tert-OH is 3. The highest BCUT2D eigenvalue weighted by Gasteiger charge is 2.43. The lowest BCUT2D eigenvalue weighted by molar-refractivity contribution is -0.0549. The average Bonchev–Trinajstić information content (AvgIpc) is 2.57. The van der Waals surface area contributed by atoms with E-state index < -0.39 is 36.8 Å². The van der Waals surface area contributed by atoms with E-state index in [1.54, 1.807) is 0 Å². The lowest BCUT2D eigenvalue weighted by Crippen LogP contribution is -2.36. The van der Waals surface area contributed by atoms with Gasteiger partial charge in [-0.05, 0) is 6.07 Å². The molecule has 2 rings (SSSR count). The molecule has 8 heteroatoms. The third-order valence-electron chi connectivity index (χ3n) is 2.64. The predicted molar refractivity (Wildman–Crippen MR) is 55.9 cm³/mol. The summed E-state index contributed by atoms with van der Waals surface area (Å²) in [6.07, 6.45) is -3.27. The van der Waals surface area contributed by atoms with Crippen LogP contribution in [0, 0.1) is 0 Å². The van der Waals surface area contributed by atoms with Crippen LogP contribution in [-0.4, -0.2) is 49.8 Å². The van der Waals surface area contributed by atoms with Gasteiger partial charge in [0.1, 0.15) is 24.1 Å². The van der Waals surface area contributed by atoms with Gasteiger partial charge >= 0.3 is 5.69 Å². The number of anilines is 1. The van der Waals surface area contributed by atoms with Crippen molar-refractivity contribution >= 4 is 5.82 Å². The molecular weight excluding hydrogens is 231 g/mol. The maximum absolute atomic E-state index is 11.5. The highest BCUT2D eigenvalue weighted by Crippen LogP contribution is 2.27. The van der Waals surface area contributed by atoms with Crippen LogP contribution in [0.2, 0.25) is 0 Å². The molecule has 4 atom stereocenters. The monoisotopic (exact) mass is 244 g/mol. The second-order valence-corrected chi connectivity index (χ2v) is 3.77. The van der Waals surface area contributed by atoms with Gasteiger partial charge in [0.2, 0.25) is 0 Å². The quantitative estimate of drug-likeness (QED) is 0.421. The first-order chi connectivity index (χ1) is 8.04. The van der Waals surface area contributed by atoms with E-state index in [1.165, 1.54) is 12.3 Å². The first-order valence-corrected chi connectivity index (χ1v) is 5.01. The summed E-state index contributed by atoms with van der Waals surface area (Å²) in [6, 6.07) is 1.37. The van der Waals surface area contributed by atoms with Crippen LogP contribution in [0.15, 0.2) is 17.1 Å². The summed E-state index contributed by atoms with van der Waals surface area (Å²) in [7, 11) is 0. The van der Waals surface area contributed by atoms with Crippen LogP contribution < -0.4 is 11.4 Å². The molecule has 0 saturated carbocycles. The number of aromatic nitrogens is 2. The van der Waals surface area contributed by atoms with Gasteiger partial charge < -0.3 is 25.8 Å². The van der Waals surface area contributed by atoms with E-state index in [0.29, 0.717) is 0 Å². The first kappa shape index (κ1) is 12.0. The second-order valence-electron chi connectivity index (χ2n) is 3.77. The Morgan fingerprint density at radius 3 is 2.71 bits per heavy atom. The van der Waals surface area contributed by atoms with Crippen molar-refractivity contribution in [2.24, 2.45) is 0 Å². The van der Waals surface area contributed by atoms with Gasteiger partial charge in [-0.2, -0.15) is 4.98 Å². The fourth-order valence-corrected chi connectivity index (χ4v) is 1.73. The van der Waals surface area contributed by atoms with Crippen LogP contribution in [0.5, 0.6) is 0 Å². The molecule has 1 aromatic heterocycles. The normalized spacial score (nSPS) is 32.9. The SMILES string of the molecule is Nc1ccn([C@@H]2O[C@H](CO)[C@@H](O)[13C@H]2O)c(=O)n1. The van der Waals surface area contributed by atoms with Gasteiger partial charge in [-0.1, -0.05) is 0 Å². The van der Waals surface area contributed by atoms with Gasteiger partial charge in [-0.3, -0.25) is 4.57 Å². The van der Waals surface area contributed by atoms with Crippen LogP contribution in [0.4, 0.5) is 5.82 Å². The summed E-state index contributed by atoms with van der Waals surface area (Å²) < 4.78 is 6.19. The van der Waals surface area contributed by atoms with Crippen molar-refractivity contribution in [2.45, 2.75) is 24.5 Å². The summed E-state index contributed by atoms with van der Waals surface area (Å²) in [6.45, 7) is -0.453. The number of hydrogen-bond donors (Lipinski definition) is 4. The number of ether oxygens (including phenoxy) is 1. The molecule has 1 aliphatic heterocycles. The average molecular weight is 244 g/mol. The largest absolute Gasteiger partial charge is 0.394 e. The summed E-state index contributed by atoms with van der Waals surface area (Å²) in [5.41, 5.74) is 4.63. The Labute approximate surface area is 95.9 Å². The van der Waals surface area contributed by atoms with Gasteiger partial charge in [0.15, 0.2) is 6.23 Å².